The van der Waals surface area contributed by atoms with Gasteiger partial charge in [-0.2, -0.15) is 21.0 Å². The predicted octanol–water partition coefficient (Wildman–Crippen LogP) is 13.2. The van der Waals surface area contributed by atoms with Crippen LogP contribution in [0.15, 0.2) is 194 Å². The molecule has 8 nitrogen and oxygen atoms in total. The van der Waals surface area contributed by atoms with E-state index in [-0.39, 0.29) is 5.82 Å². The van der Waals surface area contributed by atoms with E-state index in [1.165, 1.54) is 0 Å². The van der Waals surface area contributed by atoms with Crippen molar-refractivity contribution in [3.8, 4) is 75.0 Å². The van der Waals surface area contributed by atoms with Crippen LogP contribution in [0.1, 0.15) is 22.3 Å². The van der Waals surface area contributed by atoms with Crippen molar-refractivity contribution in [2.75, 3.05) is 4.90 Å². The van der Waals surface area contributed by atoms with E-state index in [2.05, 4.69) is 94.4 Å². The number of benzene rings is 8. The van der Waals surface area contributed by atoms with E-state index >= 15 is 0 Å². The number of anilines is 3. The first-order valence-corrected chi connectivity index (χ1v) is 20.5. The van der Waals surface area contributed by atoms with Crippen LogP contribution in [-0.4, -0.2) is 14.5 Å². The van der Waals surface area contributed by atoms with Crippen LogP contribution in [0.3, 0.4) is 0 Å². The minimum atomic E-state index is 0.278. The number of hydrogen-bond acceptors (Lipinski definition) is 7. The Bertz CT molecular complexity index is 3450. The van der Waals surface area contributed by atoms with Gasteiger partial charge in [-0.1, -0.05) is 97.1 Å². The van der Waals surface area contributed by atoms with E-state index in [4.69, 9.17) is 9.97 Å². The maximum atomic E-state index is 10.6. The minimum Gasteiger partial charge on any atom is -0.310 e. The lowest BCUT2D eigenvalue weighted by Crippen LogP contribution is -2.09. The fraction of sp³-hybridized carbons (Fsp3) is 0. The van der Waals surface area contributed by atoms with E-state index in [0.717, 1.165) is 44.6 Å². The second-order valence-electron chi connectivity index (χ2n) is 15.1. The van der Waals surface area contributed by atoms with Crippen LogP contribution < -0.4 is 4.90 Å². The average molecular weight is 817 g/mol. The average Bonchev–Trinajstić information content (AvgIpc) is 3.70. The van der Waals surface area contributed by atoms with Gasteiger partial charge < -0.3 is 9.47 Å². The van der Waals surface area contributed by atoms with E-state index in [0.29, 0.717) is 61.5 Å². The molecule has 0 radical (unpaired) electrons. The molecule has 8 aromatic carbocycles. The Morgan fingerprint density at radius 1 is 0.391 bits per heavy atom. The zero-order valence-electron chi connectivity index (χ0n) is 34.1. The molecule has 0 spiro atoms. The van der Waals surface area contributed by atoms with Crippen molar-refractivity contribution >= 4 is 38.9 Å². The summed E-state index contributed by atoms with van der Waals surface area (Å²) in [6, 6.07) is 72.1. The third-order valence-electron chi connectivity index (χ3n) is 11.4. The summed E-state index contributed by atoms with van der Waals surface area (Å²) in [7, 11) is 0. The molecule has 0 amide bonds. The molecule has 0 saturated carbocycles. The van der Waals surface area contributed by atoms with Gasteiger partial charge in [0, 0.05) is 55.8 Å². The Kier molecular flexibility index (Phi) is 9.92. The molecule has 0 saturated heterocycles. The van der Waals surface area contributed by atoms with Crippen molar-refractivity contribution in [3.63, 3.8) is 0 Å². The molecule has 2 aromatic heterocycles. The standard InChI is InChI=1S/C56H32N8/c57-33-38-13-7-9-19-47(38)52-32-51(61-56(62-52)48-20-10-8-14-39(48)34-58)40-29-41(35-59)55(42(30-40)36-60)37-23-25-45(26-24-37)64-53-22-12-11-21-49(53)50-31-46(27-28-54(50)64)63(43-15-3-1-4-16-43)44-17-5-2-6-18-44/h1-32H. The summed E-state index contributed by atoms with van der Waals surface area (Å²) in [4.78, 5) is 12.0. The van der Waals surface area contributed by atoms with Crippen LogP contribution in [0.2, 0.25) is 0 Å². The molecule has 0 aliphatic rings. The second kappa shape index (κ2) is 16.5. The minimum absolute atomic E-state index is 0.278. The summed E-state index contributed by atoms with van der Waals surface area (Å²) < 4.78 is 2.24. The van der Waals surface area contributed by atoms with Gasteiger partial charge >= 0.3 is 0 Å². The number of nitrogens with zero attached hydrogens (tertiary/aromatic N) is 8. The van der Waals surface area contributed by atoms with Crippen LogP contribution in [-0.2, 0) is 0 Å². The predicted molar refractivity (Wildman–Crippen MR) is 252 cm³/mol. The molecule has 64 heavy (non-hydrogen) atoms. The number of aromatic nitrogens is 3. The lowest BCUT2D eigenvalue weighted by molar-refractivity contribution is 1.18. The third-order valence-corrected chi connectivity index (χ3v) is 11.4. The molecule has 0 atom stereocenters. The quantitative estimate of drug-likeness (QED) is 0.149. The fourth-order valence-corrected chi connectivity index (χ4v) is 8.47. The van der Waals surface area contributed by atoms with Crippen LogP contribution in [0.5, 0.6) is 0 Å². The van der Waals surface area contributed by atoms with Crippen molar-refractivity contribution in [2.45, 2.75) is 0 Å². The third kappa shape index (κ3) is 6.83. The van der Waals surface area contributed by atoms with Crippen molar-refractivity contribution in [3.05, 3.63) is 216 Å². The number of hydrogen-bond donors (Lipinski definition) is 0. The van der Waals surface area contributed by atoms with Gasteiger partial charge in [0.15, 0.2) is 5.82 Å². The topological polar surface area (TPSA) is 129 Å². The lowest BCUT2D eigenvalue weighted by Gasteiger charge is -2.25. The molecule has 296 valence electrons. The summed E-state index contributed by atoms with van der Waals surface area (Å²) in [6.07, 6.45) is 0. The Morgan fingerprint density at radius 2 is 0.922 bits per heavy atom. The molecule has 0 aliphatic heterocycles. The smallest absolute Gasteiger partial charge is 0.161 e. The lowest BCUT2D eigenvalue weighted by atomic mass is 9.91. The van der Waals surface area contributed by atoms with Gasteiger partial charge in [-0.25, -0.2) is 9.97 Å². The fourth-order valence-electron chi connectivity index (χ4n) is 8.47. The van der Waals surface area contributed by atoms with E-state index in [9.17, 15) is 21.0 Å². The SMILES string of the molecule is N#Cc1ccccc1-c1cc(-c2cc(C#N)c(-c3ccc(-n4c5ccccc5c5cc(N(c6ccccc6)c6ccccc6)ccc54)cc3)c(C#N)c2)nc(-c2ccccc2C#N)n1. The maximum Gasteiger partial charge on any atom is 0.161 e. The molecule has 10 aromatic rings. The normalized spacial score (nSPS) is 10.8. The number of nitriles is 4. The summed E-state index contributed by atoms with van der Waals surface area (Å²) in [5.41, 5.74) is 11.3. The van der Waals surface area contributed by atoms with Crippen LogP contribution in [0.25, 0.3) is 72.5 Å². The molecule has 0 unspecified atom stereocenters. The molecular formula is C56H32N8. The summed E-state index contributed by atoms with van der Waals surface area (Å²) >= 11 is 0. The Balaban J connectivity index is 1.07. The van der Waals surface area contributed by atoms with Gasteiger partial charge in [0.25, 0.3) is 0 Å². The molecule has 0 bridgehead atoms. The highest BCUT2D eigenvalue weighted by atomic mass is 15.1. The molecular weight excluding hydrogens is 785 g/mol. The first kappa shape index (κ1) is 38.6. The van der Waals surface area contributed by atoms with Gasteiger partial charge in [0.2, 0.25) is 0 Å². The molecule has 0 aliphatic carbocycles. The van der Waals surface area contributed by atoms with Crippen LogP contribution >= 0.6 is 0 Å². The number of fused-ring (bicyclic) bond motifs is 3. The molecule has 0 N–H and O–H groups in total. The summed E-state index contributed by atoms with van der Waals surface area (Å²) in [5.74, 6) is 0.278. The van der Waals surface area contributed by atoms with Gasteiger partial charge in [-0.15, -0.1) is 0 Å². The highest BCUT2D eigenvalue weighted by molar-refractivity contribution is 6.10. The summed E-state index contributed by atoms with van der Waals surface area (Å²) in [6.45, 7) is 0. The molecule has 2 heterocycles. The van der Waals surface area contributed by atoms with E-state index in [1.54, 1.807) is 60.7 Å². The van der Waals surface area contributed by atoms with Gasteiger partial charge in [-0.3, -0.25) is 0 Å². The van der Waals surface area contributed by atoms with E-state index < -0.39 is 0 Å². The Hall–Kier alpha value is -9.60. The first-order valence-electron chi connectivity index (χ1n) is 20.5. The molecule has 10 rings (SSSR count). The Morgan fingerprint density at radius 3 is 1.56 bits per heavy atom. The summed E-state index contributed by atoms with van der Waals surface area (Å²) in [5, 5.41) is 43.4. The zero-order chi connectivity index (χ0) is 43.6. The van der Waals surface area contributed by atoms with Gasteiger partial charge in [0.05, 0.1) is 69.0 Å². The number of rotatable bonds is 8. The largest absolute Gasteiger partial charge is 0.310 e. The second-order valence-corrected chi connectivity index (χ2v) is 15.1. The zero-order valence-corrected chi connectivity index (χ0v) is 34.1. The Labute approximate surface area is 369 Å². The van der Waals surface area contributed by atoms with Crippen LogP contribution in [0.4, 0.5) is 17.1 Å². The van der Waals surface area contributed by atoms with Crippen molar-refractivity contribution < 1.29 is 0 Å². The van der Waals surface area contributed by atoms with Crippen LogP contribution in [0, 0.1) is 45.3 Å². The van der Waals surface area contributed by atoms with Crippen molar-refractivity contribution in [1.82, 2.24) is 14.5 Å². The molecule has 8 heteroatoms. The van der Waals surface area contributed by atoms with Crippen molar-refractivity contribution in [2.24, 2.45) is 0 Å². The van der Waals surface area contributed by atoms with Gasteiger partial charge in [0.1, 0.15) is 0 Å². The highest BCUT2D eigenvalue weighted by Gasteiger charge is 2.21. The number of para-hydroxylation sites is 3. The first-order chi connectivity index (χ1) is 31.6. The molecule has 0 fully saturated rings. The van der Waals surface area contributed by atoms with E-state index in [1.807, 2.05) is 72.8 Å². The van der Waals surface area contributed by atoms with Gasteiger partial charge in [-0.05, 0) is 103 Å². The maximum absolute atomic E-state index is 10.6. The highest BCUT2D eigenvalue weighted by Crippen LogP contribution is 2.41. The van der Waals surface area contributed by atoms with Crippen molar-refractivity contribution in [1.29, 1.82) is 21.0 Å². The monoisotopic (exact) mass is 816 g/mol.